The number of hydrogen-bond donors (Lipinski definition) is 0. The van der Waals surface area contributed by atoms with Crippen molar-refractivity contribution in [1.82, 2.24) is 19.9 Å². The van der Waals surface area contributed by atoms with Crippen LogP contribution in [-0.2, 0) is 109 Å². The first-order chi connectivity index (χ1) is 20.4. The van der Waals surface area contributed by atoms with Crippen molar-refractivity contribution in [2.45, 2.75) is 19.8 Å². The van der Waals surface area contributed by atoms with Gasteiger partial charge in [0.15, 0.2) is 10.1 Å². The van der Waals surface area contributed by atoms with Crippen molar-refractivity contribution in [3.63, 3.8) is 0 Å². The Morgan fingerprint density at radius 3 is 1.02 bits per heavy atom. The minimum Gasteiger partial charge on any atom is -0.744 e. The van der Waals surface area contributed by atoms with E-state index in [2.05, 4.69) is 19.9 Å². The predicted octanol–water partition coefficient (Wildman–Crippen LogP) is 1.17. The molecule has 0 bridgehead atoms. The standard InChI is InChI=1S/2C12H8N2O6S2.4Cu/c2*15-21(16,17)9-6-8-4-3-7-2-1-5-13-10(7)11(8)14-12(9)22(18,19)20;;;;/h2*1-6H,(H,15,16,17)(H,18,19,20);;;;/q;;4*+1/p-4. The Labute approximate surface area is 314 Å². The summed E-state index contributed by atoms with van der Waals surface area (Å²) in [6, 6.07) is 14.5. The fourth-order valence-corrected chi connectivity index (χ4v) is 7.50. The van der Waals surface area contributed by atoms with E-state index < -0.39 is 60.3 Å². The van der Waals surface area contributed by atoms with Gasteiger partial charge in [-0.2, -0.15) is 0 Å². The van der Waals surface area contributed by atoms with Crippen molar-refractivity contribution in [2.75, 3.05) is 0 Å². The molecule has 48 heavy (non-hydrogen) atoms. The summed E-state index contributed by atoms with van der Waals surface area (Å²) in [6.45, 7) is 0. The Bertz CT molecular complexity index is 2450. The van der Waals surface area contributed by atoms with Gasteiger partial charge >= 0.3 is 68.3 Å². The minimum absolute atomic E-state index is 0. The van der Waals surface area contributed by atoms with Crippen LogP contribution in [-0.4, -0.2) is 71.8 Å². The molecule has 0 unspecified atom stereocenters. The van der Waals surface area contributed by atoms with Gasteiger partial charge in [0.05, 0.1) is 31.9 Å². The van der Waals surface area contributed by atoms with Crippen LogP contribution in [0.5, 0.6) is 0 Å². The van der Waals surface area contributed by atoms with E-state index in [1.807, 2.05) is 0 Å². The smallest absolute Gasteiger partial charge is 0.744 e. The van der Waals surface area contributed by atoms with E-state index in [1.54, 1.807) is 36.4 Å². The summed E-state index contributed by atoms with van der Waals surface area (Å²) in [5, 5.41) is -1.01. The first kappa shape index (κ1) is 43.8. The second kappa shape index (κ2) is 15.8. The molecule has 268 valence electrons. The molecule has 0 spiro atoms. The third kappa shape index (κ3) is 9.12. The Hall–Kier alpha value is -2.20. The number of fused-ring (bicyclic) bond motifs is 6. The summed E-state index contributed by atoms with van der Waals surface area (Å²) in [7, 11) is -20.8. The average Bonchev–Trinajstić information content (AvgIpc) is 2.94. The van der Waals surface area contributed by atoms with Gasteiger partial charge in [-0.25, -0.2) is 43.6 Å². The van der Waals surface area contributed by atoms with Crippen LogP contribution in [0.1, 0.15) is 0 Å². The monoisotopic (exact) mass is 928 g/mol. The SMILES string of the molecule is O=S(=O)([O-])c1cc2ccc3cccnc3c2nc1S(=O)(=O)[O-].O=S(=O)([O-])c1cc2ccc3cccnc3c2nc1S(=O)(=O)[O-].[Cu+].[Cu+].[Cu+].[Cu+]. The van der Waals surface area contributed by atoms with Gasteiger partial charge in [-0.3, -0.25) is 9.97 Å². The van der Waals surface area contributed by atoms with E-state index in [0.29, 0.717) is 21.8 Å². The number of aromatic nitrogens is 4. The summed E-state index contributed by atoms with van der Waals surface area (Å²) in [4.78, 5) is 12.9. The maximum atomic E-state index is 11.2. The molecule has 0 aliphatic heterocycles. The Morgan fingerprint density at radius 1 is 0.417 bits per heavy atom. The molecule has 24 heteroatoms. The normalized spacial score (nSPS) is 11.8. The fraction of sp³-hybridized carbons (Fsp3) is 0. The van der Waals surface area contributed by atoms with Crippen LogP contribution < -0.4 is 0 Å². The fourth-order valence-electron chi connectivity index (χ4n) is 4.19. The van der Waals surface area contributed by atoms with Crippen molar-refractivity contribution in [3.8, 4) is 0 Å². The van der Waals surface area contributed by atoms with Crippen molar-refractivity contribution in [3.05, 3.63) is 73.1 Å². The zero-order valence-electron chi connectivity index (χ0n) is 22.5. The molecule has 4 aromatic heterocycles. The van der Waals surface area contributed by atoms with Gasteiger partial charge < -0.3 is 18.2 Å². The average molecular weight is 931 g/mol. The summed E-state index contributed by atoms with van der Waals surface area (Å²) in [5.74, 6) is 0. The van der Waals surface area contributed by atoms with Gasteiger partial charge in [0.2, 0.25) is 0 Å². The first-order valence-electron chi connectivity index (χ1n) is 11.6. The van der Waals surface area contributed by atoms with E-state index in [-0.39, 0.29) is 90.1 Å². The molecular formula is C24H12Cu4N4O12S4. The van der Waals surface area contributed by atoms with Gasteiger partial charge in [-0.15, -0.1) is 0 Å². The van der Waals surface area contributed by atoms with Crippen LogP contribution in [0.2, 0.25) is 0 Å². The van der Waals surface area contributed by atoms with Gasteiger partial charge in [-0.1, -0.05) is 36.4 Å². The van der Waals surface area contributed by atoms with Crippen molar-refractivity contribution in [1.29, 1.82) is 0 Å². The molecule has 0 aliphatic rings. The number of nitrogens with zero attached hydrogens (tertiary/aromatic N) is 4. The van der Waals surface area contributed by atoms with Crippen LogP contribution in [0.4, 0.5) is 0 Å². The van der Waals surface area contributed by atoms with Crippen molar-refractivity contribution < 1.29 is 120 Å². The quantitative estimate of drug-likeness (QED) is 0.136. The number of hydrogen-bond acceptors (Lipinski definition) is 16. The van der Waals surface area contributed by atoms with Crippen LogP contribution in [0, 0.1) is 0 Å². The topological polar surface area (TPSA) is 280 Å². The molecule has 0 amide bonds. The van der Waals surface area contributed by atoms with E-state index in [9.17, 15) is 51.9 Å². The number of pyridine rings is 4. The molecule has 0 fully saturated rings. The molecule has 6 aromatic rings. The maximum Gasteiger partial charge on any atom is 1.00 e. The molecule has 0 saturated carbocycles. The maximum absolute atomic E-state index is 11.2. The molecule has 6 rings (SSSR count). The third-order valence-electron chi connectivity index (χ3n) is 5.99. The van der Waals surface area contributed by atoms with E-state index in [4.69, 9.17) is 0 Å². The zero-order chi connectivity index (χ0) is 32.2. The minimum atomic E-state index is -5.24. The van der Waals surface area contributed by atoms with Crippen LogP contribution in [0.15, 0.2) is 92.9 Å². The van der Waals surface area contributed by atoms with Crippen molar-refractivity contribution in [2.24, 2.45) is 0 Å². The first-order valence-corrected chi connectivity index (χ1v) is 17.2. The van der Waals surface area contributed by atoms with Gasteiger partial charge in [0, 0.05) is 33.9 Å². The molecule has 0 atom stereocenters. The van der Waals surface area contributed by atoms with E-state index >= 15 is 0 Å². The van der Waals surface area contributed by atoms with Gasteiger partial charge in [0.25, 0.3) is 0 Å². The number of benzene rings is 2. The summed E-state index contributed by atoms with van der Waals surface area (Å²) < 4.78 is 135. The van der Waals surface area contributed by atoms with Crippen molar-refractivity contribution >= 4 is 84.1 Å². The number of rotatable bonds is 4. The molecule has 0 radical (unpaired) electrons. The van der Waals surface area contributed by atoms with Gasteiger partial charge in [-0.05, 0) is 24.3 Å². The molecule has 0 aliphatic carbocycles. The zero-order valence-corrected chi connectivity index (χ0v) is 29.5. The molecule has 0 N–H and O–H groups in total. The molecular weight excluding hydrogens is 919 g/mol. The second-order valence-electron chi connectivity index (χ2n) is 8.82. The van der Waals surface area contributed by atoms with Crippen LogP contribution >= 0.6 is 0 Å². The van der Waals surface area contributed by atoms with Crippen LogP contribution in [0.25, 0.3) is 43.6 Å². The molecule has 4 heterocycles. The molecule has 0 saturated heterocycles. The Kier molecular flexibility index (Phi) is 14.4. The van der Waals surface area contributed by atoms with E-state index in [1.165, 1.54) is 24.5 Å². The Morgan fingerprint density at radius 2 is 0.729 bits per heavy atom. The summed E-state index contributed by atoms with van der Waals surface area (Å²) in [6.07, 6.45) is 2.88. The Balaban J connectivity index is 0.000000443. The second-order valence-corrected chi connectivity index (χ2v) is 14.1. The largest absolute Gasteiger partial charge is 1.00 e. The molecule has 16 nitrogen and oxygen atoms in total. The summed E-state index contributed by atoms with van der Waals surface area (Å²) in [5.41, 5.74) is 0.638. The third-order valence-corrected chi connectivity index (χ3v) is 9.52. The van der Waals surface area contributed by atoms with Gasteiger partial charge in [0.1, 0.15) is 40.5 Å². The predicted molar refractivity (Wildman–Crippen MR) is 146 cm³/mol. The molecule has 2 aromatic carbocycles. The van der Waals surface area contributed by atoms with E-state index in [0.717, 1.165) is 12.1 Å². The summed E-state index contributed by atoms with van der Waals surface area (Å²) >= 11 is 0. The van der Waals surface area contributed by atoms with Crippen LogP contribution in [0.3, 0.4) is 0 Å².